The van der Waals surface area contributed by atoms with Crippen molar-refractivity contribution in [2.45, 2.75) is 105 Å². The molecule has 4 atom stereocenters. The van der Waals surface area contributed by atoms with Gasteiger partial charge in [0.2, 0.25) is 0 Å². The van der Waals surface area contributed by atoms with Crippen LogP contribution < -0.4 is 4.90 Å². The van der Waals surface area contributed by atoms with Crippen LogP contribution in [0.5, 0.6) is 0 Å². The number of carboxylic acid groups (broad SMARTS) is 1. The van der Waals surface area contributed by atoms with Crippen LogP contribution in [0.4, 0.5) is 11.4 Å². The lowest BCUT2D eigenvalue weighted by molar-refractivity contribution is -0.282. The Labute approximate surface area is 260 Å². The number of hydrogen-bond donors (Lipinski definition) is 2. The van der Waals surface area contributed by atoms with Crippen molar-refractivity contribution in [1.82, 2.24) is 14.8 Å². The summed E-state index contributed by atoms with van der Waals surface area (Å²) < 4.78 is 1.81. The van der Waals surface area contributed by atoms with Gasteiger partial charge in [0.05, 0.1) is 11.3 Å². The first-order valence-corrected chi connectivity index (χ1v) is 15.9. The van der Waals surface area contributed by atoms with Gasteiger partial charge in [0.1, 0.15) is 23.6 Å². The summed E-state index contributed by atoms with van der Waals surface area (Å²) in [5.41, 5.74) is 4.72. The molecule has 10 nitrogen and oxygen atoms in total. The highest BCUT2D eigenvalue weighted by molar-refractivity contribution is 6.15. The molecule has 0 bridgehead atoms. The summed E-state index contributed by atoms with van der Waals surface area (Å²) in [6.07, 6.45) is 2.92. The maximum atomic E-state index is 11.2. The molecule has 3 heterocycles. The molecule has 4 unspecified atom stereocenters. The molecule has 1 aromatic heterocycles. The number of aromatic nitrogens is 3. The van der Waals surface area contributed by atoms with E-state index in [4.69, 9.17) is 9.88 Å². The second kappa shape index (κ2) is 12.1. The lowest BCUT2D eigenvalue weighted by Crippen LogP contribution is -2.48. The Morgan fingerprint density at radius 2 is 1.86 bits per heavy atom. The number of benzene rings is 1. The van der Waals surface area contributed by atoms with Gasteiger partial charge in [-0.1, -0.05) is 27.7 Å². The zero-order chi connectivity index (χ0) is 32.1. The first-order chi connectivity index (χ1) is 20.8. The average Bonchev–Trinajstić information content (AvgIpc) is 3.45. The van der Waals surface area contributed by atoms with Gasteiger partial charge in [0.25, 0.3) is 0 Å². The van der Waals surface area contributed by atoms with Crippen molar-refractivity contribution in [3.05, 3.63) is 40.5 Å². The van der Waals surface area contributed by atoms with Gasteiger partial charge in [-0.25, -0.2) is 9.88 Å². The summed E-state index contributed by atoms with van der Waals surface area (Å²) in [6.45, 7) is 17.8. The van der Waals surface area contributed by atoms with Crippen LogP contribution in [0.2, 0.25) is 0 Å². The monoisotopic (exact) mass is 602 g/mol. The van der Waals surface area contributed by atoms with E-state index < -0.39 is 12.1 Å². The van der Waals surface area contributed by atoms with E-state index in [-0.39, 0.29) is 35.6 Å². The van der Waals surface area contributed by atoms with E-state index >= 15 is 0 Å². The van der Waals surface area contributed by atoms with Crippen LogP contribution in [0.3, 0.4) is 0 Å². The molecule has 5 rings (SSSR count). The largest absolute Gasteiger partial charge is 0.481 e. The van der Waals surface area contributed by atoms with Gasteiger partial charge < -0.3 is 10.0 Å². The number of rotatable bonds is 8. The standard InChI is InChI=1S/C34H46N6O4/c1-18-12-20(3)29(21(4)13-18)31(44-43)30-25(17-35)32(40-23(6)37-38-33(30)40)36-26-15-24-22(5)16-34(7,8)39(11-9-10-28(41)42)27(24)14-19(26)2/h14-15,18,20-22,29,31,43H,9-13,16H2,1-8H3,(H,41,42)/b36-32+. The Kier molecular flexibility index (Phi) is 8.76. The van der Waals surface area contributed by atoms with E-state index in [1.165, 1.54) is 0 Å². The van der Waals surface area contributed by atoms with E-state index in [0.29, 0.717) is 47.5 Å². The van der Waals surface area contributed by atoms with E-state index in [1.807, 2.05) is 18.4 Å². The minimum atomic E-state index is -0.785. The molecule has 1 aromatic carbocycles. The molecule has 2 aromatic rings. The van der Waals surface area contributed by atoms with Gasteiger partial charge in [0, 0.05) is 24.2 Å². The number of nitriles is 1. The highest BCUT2D eigenvalue weighted by Gasteiger charge is 2.45. The molecule has 0 radical (unpaired) electrons. The number of hydrogen-bond acceptors (Lipinski definition) is 8. The molecule has 0 amide bonds. The Morgan fingerprint density at radius 1 is 1.18 bits per heavy atom. The first-order valence-electron chi connectivity index (χ1n) is 15.9. The molecule has 44 heavy (non-hydrogen) atoms. The van der Waals surface area contributed by atoms with Gasteiger partial charge >= 0.3 is 5.97 Å². The lowest BCUT2D eigenvalue weighted by atomic mass is 9.66. The maximum Gasteiger partial charge on any atom is 0.303 e. The Balaban J connectivity index is 1.61. The number of allylic oxidation sites excluding steroid dienone is 1. The summed E-state index contributed by atoms with van der Waals surface area (Å²) in [5.74, 6) is 2.16. The molecule has 1 saturated carbocycles. The maximum absolute atomic E-state index is 11.2. The van der Waals surface area contributed by atoms with Crippen molar-refractivity contribution in [3.63, 3.8) is 0 Å². The Morgan fingerprint density at radius 3 is 2.48 bits per heavy atom. The molecule has 0 saturated heterocycles. The topological polar surface area (TPSA) is 137 Å². The van der Waals surface area contributed by atoms with Crippen LogP contribution >= 0.6 is 0 Å². The number of aliphatic imine (C=N–C) groups is 1. The number of aliphatic carboxylic acids is 1. The van der Waals surface area contributed by atoms with Crippen LogP contribution in [-0.4, -0.2) is 55.1 Å². The molecule has 1 fully saturated rings. The lowest BCUT2D eigenvalue weighted by Gasteiger charge is -2.48. The van der Waals surface area contributed by atoms with Gasteiger partial charge in [-0.3, -0.25) is 14.6 Å². The molecule has 0 spiro atoms. The van der Waals surface area contributed by atoms with Gasteiger partial charge in [-0.2, -0.15) is 5.26 Å². The van der Waals surface area contributed by atoms with Crippen molar-refractivity contribution in [3.8, 4) is 6.07 Å². The molecule has 3 aliphatic rings. The predicted molar refractivity (Wildman–Crippen MR) is 170 cm³/mol. The highest BCUT2D eigenvalue weighted by Crippen LogP contribution is 2.48. The van der Waals surface area contributed by atoms with Gasteiger partial charge in [-0.15, -0.1) is 10.2 Å². The van der Waals surface area contributed by atoms with Crippen LogP contribution in [0.15, 0.2) is 22.7 Å². The summed E-state index contributed by atoms with van der Waals surface area (Å²) in [6, 6.07) is 6.65. The number of carboxylic acids is 1. The Hall–Kier alpha value is -3.55. The van der Waals surface area contributed by atoms with Gasteiger partial charge in [-0.05, 0) is 106 Å². The summed E-state index contributed by atoms with van der Waals surface area (Å²) in [7, 11) is 0. The van der Waals surface area contributed by atoms with E-state index in [2.05, 4.69) is 74.8 Å². The van der Waals surface area contributed by atoms with Crippen molar-refractivity contribution in [1.29, 1.82) is 5.26 Å². The predicted octanol–water partition coefficient (Wildman–Crippen LogP) is 6.90. The second-order valence-electron chi connectivity index (χ2n) is 14.1. The second-order valence-corrected chi connectivity index (χ2v) is 14.1. The number of fused-ring (bicyclic) bond motifs is 2. The SMILES string of the molecule is Cc1cc2c(cc1/N=C1\C(C#N)=C(C(OO)C3C(C)CC(C)CC3C)c3nnc(C)n31)C(C)CC(C)(C)N2CCCC(=O)O. The normalized spacial score (nSPS) is 27.7. The molecule has 10 heteroatoms. The summed E-state index contributed by atoms with van der Waals surface area (Å²) >= 11 is 0. The minimum Gasteiger partial charge on any atom is -0.481 e. The van der Waals surface area contributed by atoms with Crippen LogP contribution in [0.1, 0.15) is 102 Å². The fraction of sp³-hybridized carbons (Fsp3) is 0.618. The fourth-order valence-corrected chi connectivity index (χ4v) is 8.44. The summed E-state index contributed by atoms with van der Waals surface area (Å²) in [5, 5.41) is 38.9. The van der Waals surface area contributed by atoms with Gasteiger partial charge in [0.15, 0.2) is 11.7 Å². The molecule has 1 aliphatic carbocycles. The minimum absolute atomic E-state index is 0.00107. The molecule has 2 N–H and O–H groups in total. The molecular formula is C34H46N6O4. The van der Waals surface area contributed by atoms with E-state index in [1.54, 1.807) is 0 Å². The Bertz CT molecular complexity index is 1540. The zero-order valence-corrected chi connectivity index (χ0v) is 27.3. The fourth-order valence-electron chi connectivity index (χ4n) is 8.44. The average molecular weight is 603 g/mol. The number of anilines is 1. The van der Waals surface area contributed by atoms with Crippen molar-refractivity contribution in [2.75, 3.05) is 11.4 Å². The smallest absolute Gasteiger partial charge is 0.303 e. The first kappa shape index (κ1) is 31.9. The quantitative estimate of drug-likeness (QED) is 0.246. The highest BCUT2D eigenvalue weighted by atomic mass is 17.1. The molecule has 236 valence electrons. The third-order valence-electron chi connectivity index (χ3n) is 10.2. The third-order valence-corrected chi connectivity index (χ3v) is 10.2. The molecule has 2 aliphatic heterocycles. The zero-order valence-electron chi connectivity index (χ0n) is 27.3. The number of aryl methyl sites for hydroxylation is 2. The van der Waals surface area contributed by atoms with E-state index in [9.17, 15) is 20.4 Å². The van der Waals surface area contributed by atoms with Crippen LogP contribution in [0, 0.1) is 48.9 Å². The molecular weight excluding hydrogens is 556 g/mol. The van der Waals surface area contributed by atoms with E-state index in [0.717, 1.165) is 41.8 Å². The van der Waals surface area contributed by atoms with Crippen molar-refractivity contribution >= 4 is 28.8 Å². The van der Waals surface area contributed by atoms with Crippen LogP contribution in [0.25, 0.3) is 5.57 Å². The van der Waals surface area contributed by atoms with Crippen molar-refractivity contribution in [2.24, 2.45) is 28.7 Å². The van der Waals surface area contributed by atoms with Crippen molar-refractivity contribution < 1.29 is 20.0 Å². The summed E-state index contributed by atoms with van der Waals surface area (Å²) in [4.78, 5) is 23.9. The van der Waals surface area contributed by atoms with Crippen LogP contribution in [-0.2, 0) is 9.68 Å². The number of nitrogens with zero attached hydrogens (tertiary/aromatic N) is 6. The third kappa shape index (κ3) is 5.56. The number of carbonyl (C=O) groups is 1.